The molecule has 1 saturated carbocycles. The third kappa shape index (κ3) is 5.83. The van der Waals surface area contributed by atoms with Crippen molar-refractivity contribution in [3.05, 3.63) is 59.2 Å². The van der Waals surface area contributed by atoms with Crippen LogP contribution in [0, 0.1) is 19.8 Å². The number of amides is 2. The van der Waals surface area contributed by atoms with E-state index >= 15 is 0 Å². The second-order valence-electron chi connectivity index (χ2n) is 8.14. The van der Waals surface area contributed by atoms with E-state index in [1.165, 1.54) is 24.8 Å². The van der Waals surface area contributed by atoms with Gasteiger partial charge in [-0.3, -0.25) is 9.59 Å². The zero-order valence-corrected chi connectivity index (χ0v) is 17.5. The molecule has 2 aromatic carbocycles. The molecule has 3 rings (SSSR count). The lowest BCUT2D eigenvalue weighted by atomic mass is 9.86. The maximum Gasteiger partial charge on any atom is 0.251 e. The van der Waals surface area contributed by atoms with Crippen LogP contribution in [-0.4, -0.2) is 24.4 Å². The summed E-state index contributed by atoms with van der Waals surface area (Å²) in [5, 5.41) is 9.18. The molecule has 0 saturated heterocycles. The van der Waals surface area contributed by atoms with Crippen LogP contribution in [0.4, 0.5) is 11.4 Å². The van der Waals surface area contributed by atoms with Crippen molar-refractivity contribution >= 4 is 23.2 Å². The van der Waals surface area contributed by atoms with Crippen LogP contribution < -0.4 is 16.0 Å². The lowest BCUT2D eigenvalue weighted by Gasteiger charge is -2.29. The van der Waals surface area contributed by atoms with Crippen molar-refractivity contribution in [2.24, 2.45) is 5.92 Å². The monoisotopic (exact) mass is 393 g/mol. The van der Waals surface area contributed by atoms with Crippen LogP contribution in [0.3, 0.4) is 0 Å². The molecule has 0 radical (unpaired) electrons. The zero-order chi connectivity index (χ0) is 20.8. The topological polar surface area (TPSA) is 70.2 Å². The first-order chi connectivity index (χ1) is 13.9. The molecule has 1 fully saturated rings. The Hall–Kier alpha value is -2.82. The quantitative estimate of drug-likeness (QED) is 0.668. The highest BCUT2D eigenvalue weighted by Crippen LogP contribution is 2.24. The van der Waals surface area contributed by atoms with Crippen LogP contribution in [0.1, 0.15) is 54.1 Å². The smallest absolute Gasteiger partial charge is 0.251 e. The molecular weight excluding hydrogens is 362 g/mol. The first-order valence-electron chi connectivity index (χ1n) is 10.4. The lowest BCUT2D eigenvalue weighted by molar-refractivity contribution is -0.114. The molecule has 2 atom stereocenters. The molecule has 0 heterocycles. The van der Waals surface area contributed by atoms with Crippen molar-refractivity contribution in [2.75, 3.05) is 17.2 Å². The minimum Gasteiger partial charge on any atom is -0.376 e. The first kappa shape index (κ1) is 20.9. The molecular formula is C24H31N3O2. The normalized spacial score (nSPS) is 18.7. The van der Waals surface area contributed by atoms with Gasteiger partial charge in [0.1, 0.15) is 0 Å². The predicted molar refractivity (Wildman–Crippen MR) is 118 cm³/mol. The number of benzene rings is 2. The standard InChI is InChI=1S/C24H31N3O2/c1-16-8-13-21(18(3)14-16)25-15-23(28)26-20-11-9-19(10-12-20)24(29)27-22-7-5-4-6-17(22)2/h8-14,17,22,25H,4-7,15H2,1-3H3,(H,26,28)(H,27,29). The lowest BCUT2D eigenvalue weighted by Crippen LogP contribution is -2.41. The Morgan fingerprint density at radius 1 is 1.00 bits per heavy atom. The molecule has 5 nitrogen and oxygen atoms in total. The molecule has 1 aliphatic rings. The van der Waals surface area contributed by atoms with Gasteiger partial charge in [0.25, 0.3) is 5.91 Å². The van der Waals surface area contributed by atoms with E-state index in [9.17, 15) is 9.59 Å². The average molecular weight is 394 g/mol. The highest BCUT2D eigenvalue weighted by molar-refractivity contribution is 5.96. The Labute approximate surface area is 173 Å². The summed E-state index contributed by atoms with van der Waals surface area (Å²) in [5.41, 5.74) is 4.56. The Kier molecular flexibility index (Phi) is 6.91. The van der Waals surface area contributed by atoms with Gasteiger partial charge in [0.05, 0.1) is 6.54 Å². The minimum atomic E-state index is -0.127. The summed E-state index contributed by atoms with van der Waals surface area (Å²) >= 11 is 0. The molecule has 2 amide bonds. The maximum absolute atomic E-state index is 12.5. The number of anilines is 2. The van der Waals surface area contributed by atoms with Crippen molar-refractivity contribution in [2.45, 2.75) is 52.5 Å². The highest BCUT2D eigenvalue weighted by atomic mass is 16.2. The summed E-state index contributed by atoms with van der Waals surface area (Å²) in [6.07, 6.45) is 4.65. The number of aryl methyl sites for hydroxylation is 2. The second-order valence-corrected chi connectivity index (χ2v) is 8.14. The minimum absolute atomic E-state index is 0.0434. The van der Waals surface area contributed by atoms with Crippen molar-refractivity contribution in [1.29, 1.82) is 0 Å². The molecule has 2 unspecified atom stereocenters. The molecule has 1 aliphatic carbocycles. The number of hydrogen-bond donors (Lipinski definition) is 3. The molecule has 0 bridgehead atoms. The van der Waals surface area contributed by atoms with E-state index < -0.39 is 0 Å². The van der Waals surface area contributed by atoms with Crippen LogP contribution in [0.25, 0.3) is 0 Å². The molecule has 0 spiro atoms. The maximum atomic E-state index is 12.5. The van der Waals surface area contributed by atoms with Gasteiger partial charge in [-0.15, -0.1) is 0 Å². The van der Waals surface area contributed by atoms with E-state index in [0.29, 0.717) is 17.2 Å². The Morgan fingerprint density at radius 2 is 1.72 bits per heavy atom. The largest absolute Gasteiger partial charge is 0.376 e. The molecule has 0 aliphatic heterocycles. The van der Waals surface area contributed by atoms with Gasteiger partial charge >= 0.3 is 0 Å². The van der Waals surface area contributed by atoms with Gasteiger partial charge in [-0.25, -0.2) is 0 Å². The summed E-state index contributed by atoms with van der Waals surface area (Å²) in [7, 11) is 0. The van der Waals surface area contributed by atoms with Gasteiger partial charge in [0, 0.05) is 23.0 Å². The van der Waals surface area contributed by atoms with Gasteiger partial charge in [0.2, 0.25) is 5.91 Å². The molecule has 0 aromatic heterocycles. The fourth-order valence-corrected chi connectivity index (χ4v) is 3.88. The van der Waals surface area contributed by atoms with Crippen LogP contribution in [0.15, 0.2) is 42.5 Å². The van der Waals surface area contributed by atoms with Crippen molar-refractivity contribution in [3.63, 3.8) is 0 Å². The summed E-state index contributed by atoms with van der Waals surface area (Å²) in [6, 6.07) is 13.4. The van der Waals surface area contributed by atoms with Gasteiger partial charge in [-0.1, -0.05) is 37.5 Å². The average Bonchev–Trinajstić information content (AvgIpc) is 2.69. The predicted octanol–water partition coefficient (Wildman–Crippen LogP) is 4.66. The van der Waals surface area contributed by atoms with E-state index in [-0.39, 0.29) is 24.4 Å². The third-order valence-electron chi connectivity index (χ3n) is 5.68. The fourth-order valence-electron chi connectivity index (χ4n) is 3.88. The van der Waals surface area contributed by atoms with E-state index in [1.54, 1.807) is 24.3 Å². The molecule has 154 valence electrons. The van der Waals surface area contributed by atoms with Crippen molar-refractivity contribution in [1.82, 2.24) is 5.32 Å². The van der Waals surface area contributed by atoms with E-state index in [0.717, 1.165) is 17.7 Å². The van der Waals surface area contributed by atoms with E-state index in [1.807, 2.05) is 26.0 Å². The van der Waals surface area contributed by atoms with Gasteiger partial charge < -0.3 is 16.0 Å². The van der Waals surface area contributed by atoms with Gasteiger partial charge in [-0.2, -0.15) is 0 Å². The number of carbonyl (C=O) groups is 2. The second kappa shape index (κ2) is 9.59. The SMILES string of the molecule is Cc1ccc(NCC(=O)Nc2ccc(C(=O)NC3CCCCC3C)cc2)c(C)c1. The number of hydrogen-bond acceptors (Lipinski definition) is 3. The summed E-state index contributed by atoms with van der Waals surface area (Å²) < 4.78 is 0. The van der Waals surface area contributed by atoms with Crippen LogP contribution in [-0.2, 0) is 4.79 Å². The summed E-state index contributed by atoms with van der Waals surface area (Å²) in [6.45, 7) is 6.45. The molecule has 29 heavy (non-hydrogen) atoms. The number of carbonyl (C=O) groups excluding carboxylic acids is 2. The van der Waals surface area contributed by atoms with Crippen LogP contribution in [0.2, 0.25) is 0 Å². The van der Waals surface area contributed by atoms with Gasteiger partial charge in [0.15, 0.2) is 0 Å². The third-order valence-corrected chi connectivity index (χ3v) is 5.68. The van der Waals surface area contributed by atoms with Crippen molar-refractivity contribution in [3.8, 4) is 0 Å². The first-order valence-corrected chi connectivity index (χ1v) is 10.4. The molecule has 3 N–H and O–H groups in total. The van der Waals surface area contributed by atoms with Crippen molar-refractivity contribution < 1.29 is 9.59 Å². The summed E-state index contributed by atoms with van der Waals surface area (Å²) in [4.78, 5) is 24.7. The van der Waals surface area contributed by atoms with E-state index in [2.05, 4.69) is 28.9 Å². The Balaban J connectivity index is 1.50. The molecule has 2 aromatic rings. The fraction of sp³-hybridized carbons (Fsp3) is 0.417. The molecule has 5 heteroatoms. The Bertz CT molecular complexity index is 861. The van der Waals surface area contributed by atoms with Crippen LogP contribution in [0.5, 0.6) is 0 Å². The summed E-state index contributed by atoms with van der Waals surface area (Å²) in [5.74, 6) is 0.354. The van der Waals surface area contributed by atoms with Gasteiger partial charge in [-0.05, 0) is 68.5 Å². The Morgan fingerprint density at radius 3 is 2.41 bits per heavy atom. The zero-order valence-electron chi connectivity index (χ0n) is 17.5. The highest BCUT2D eigenvalue weighted by Gasteiger charge is 2.23. The number of nitrogens with one attached hydrogen (secondary N) is 3. The van der Waals surface area contributed by atoms with E-state index in [4.69, 9.17) is 0 Å². The number of rotatable bonds is 6. The van der Waals surface area contributed by atoms with Crippen LogP contribution >= 0.6 is 0 Å².